The van der Waals surface area contributed by atoms with Crippen LogP contribution in [-0.4, -0.2) is 40.3 Å². The Kier molecular flexibility index (Phi) is 7.26. The number of hydrogen-bond donors (Lipinski definition) is 1. The van der Waals surface area contributed by atoms with E-state index in [2.05, 4.69) is 10.5 Å². The lowest BCUT2D eigenvalue weighted by Crippen LogP contribution is -2.39. The molecule has 0 aliphatic carbocycles. The van der Waals surface area contributed by atoms with Crippen LogP contribution >= 0.6 is 23.2 Å². The van der Waals surface area contributed by atoms with E-state index < -0.39 is 22.5 Å². The molecule has 4 rings (SSSR count). The van der Waals surface area contributed by atoms with Crippen LogP contribution in [0.15, 0.2) is 76.7 Å². The molecule has 0 saturated carbocycles. The van der Waals surface area contributed by atoms with Gasteiger partial charge in [-0.05, 0) is 42.5 Å². The summed E-state index contributed by atoms with van der Waals surface area (Å²) < 4.78 is 38.7. The van der Waals surface area contributed by atoms with Gasteiger partial charge in [0.1, 0.15) is 19.8 Å². The van der Waals surface area contributed by atoms with Crippen molar-refractivity contribution in [2.45, 2.75) is 4.90 Å². The number of amides is 1. The van der Waals surface area contributed by atoms with Crippen molar-refractivity contribution in [2.75, 3.05) is 24.1 Å². The van der Waals surface area contributed by atoms with Gasteiger partial charge in [-0.2, -0.15) is 5.10 Å². The van der Waals surface area contributed by atoms with Gasteiger partial charge in [-0.25, -0.2) is 13.8 Å². The molecule has 8 nitrogen and oxygen atoms in total. The molecule has 34 heavy (non-hydrogen) atoms. The highest BCUT2D eigenvalue weighted by Crippen LogP contribution is 2.33. The van der Waals surface area contributed by atoms with Gasteiger partial charge in [0.15, 0.2) is 11.5 Å². The van der Waals surface area contributed by atoms with Crippen molar-refractivity contribution in [1.29, 1.82) is 0 Å². The first-order valence-corrected chi connectivity index (χ1v) is 12.3. The quantitative estimate of drug-likeness (QED) is 0.374. The maximum absolute atomic E-state index is 13.3. The topological polar surface area (TPSA) is 97.3 Å². The number of para-hydroxylation sites is 1. The summed E-state index contributed by atoms with van der Waals surface area (Å²) in [6, 6.07) is 17.4. The van der Waals surface area contributed by atoms with Crippen molar-refractivity contribution in [3.8, 4) is 11.5 Å². The van der Waals surface area contributed by atoms with Gasteiger partial charge in [0.25, 0.3) is 15.9 Å². The minimum atomic E-state index is -4.09. The summed E-state index contributed by atoms with van der Waals surface area (Å²) in [5, 5.41) is 4.37. The van der Waals surface area contributed by atoms with E-state index in [0.717, 1.165) is 4.31 Å². The molecule has 3 aromatic carbocycles. The maximum Gasteiger partial charge on any atom is 0.264 e. The van der Waals surface area contributed by atoms with Crippen LogP contribution < -0.4 is 19.2 Å². The Morgan fingerprint density at radius 1 is 1.00 bits per heavy atom. The van der Waals surface area contributed by atoms with Crippen molar-refractivity contribution in [1.82, 2.24) is 5.43 Å². The van der Waals surface area contributed by atoms with Crippen molar-refractivity contribution in [3.63, 3.8) is 0 Å². The summed E-state index contributed by atoms with van der Waals surface area (Å²) in [4.78, 5) is 12.7. The number of carbonyl (C=O) groups is 1. The fraction of sp³-hybridized carbons (Fsp3) is 0.130. The van der Waals surface area contributed by atoms with Gasteiger partial charge >= 0.3 is 0 Å². The third-order valence-corrected chi connectivity index (χ3v) is 7.33. The Hall–Kier alpha value is -3.27. The van der Waals surface area contributed by atoms with Gasteiger partial charge in [-0.15, -0.1) is 0 Å². The normalized spacial score (nSPS) is 13.0. The van der Waals surface area contributed by atoms with Crippen LogP contribution in [0.1, 0.15) is 5.56 Å². The maximum atomic E-state index is 13.3. The molecule has 0 bridgehead atoms. The Morgan fingerprint density at radius 3 is 2.53 bits per heavy atom. The van der Waals surface area contributed by atoms with E-state index in [1.807, 2.05) is 0 Å². The fourth-order valence-electron chi connectivity index (χ4n) is 3.21. The zero-order chi connectivity index (χ0) is 24.1. The minimum absolute atomic E-state index is 0.0189. The van der Waals surface area contributed by atoms with Crippen LogP contribution in [0.4, 0.5) is 5.69 Å². The standard InChI is InChI=1S/C23H19Cl2N3O5S/c24-19-10-9-17(13-20(19)25)28(34(30,31)18-6-2-1-3-7-18)15-22(29)27-26-14-16-5-4-8-21-23(16)33-12-11-32-21/h1-10,13-14H,11-12,15H2,(H,27,29)/b26-14-. The summed E-state index contributed by atoms with van der Waals surface area (Å²) in [5.74, 6) is 0.445. The van der Waals surface area contributed by atoms with E-state index in [1.54, 1.807) is 36.4 Å². The van der Waals surface area contributed by atoms with Crippen LogP contribution in [0.3, 0.4) is 0 Å². The molecule has 0 spiro atoms. The molecule has 3 aromatic rings. The van der Waals surface area contributed by atoms with Crippen LogP contribution in [-0.2, 0) is 14.8 Å². The molecule has 1 aliphatic rings. The Morgan fingerprint density at radius 2 is 1.76 bits per heavy atom. The molecule has 0 saturated heterocycles. The molecule has 0 unspecified atom stereocenters. The number of rotatable bonds is 7. The molecule has 0 fully saturated rings. The van der Waals surface area contributed by atoms with Crippen molar-refractivity contribution >= 4 is 51.0 Å². The van der Waals surface area contributed by atoms with E-state index in [-0.39, 0.29) is 20.6 Å². The average Bonchev–Trinajstić information content (AvgIpc) is 2.85. The highest BCUT2D eigenvalue weighted by Gasteiger charge is 2.27. The van der Waals surface area contributed by atoms with Gasteiger partial charge in [0, 0.05) is 5.56 Å². The molecule has 0 radical (unpaired) electrons. The number of sulfonamides is 1. The fourth-order valence-corrected chi connectivity index (χ4v) is 4.94. The third kappa shape index (κ3) is 5.27. The number of nitrogens with one attached hydrogen (secondary N) is 1. The number of nitrogens with zero attached hydrogens (tertiary/aromatic N) is 2. The van der Waals surface area contributed by atoms with Gasteiger partial charge < -0.3 is 9.47 Å². The number of benzene rings is 3. The highest BCUT2D eigenvalue weighted by molar-refractivity contribution is 7.92. The largest absolute Gasteiger partial charge is 0.486 e. The first-order chi connectivity index (χ1) is 16.4. The average molecular weight is 520 g/mol. The lowest BCUT2D eigenvalue weighted by molar-refractivity contribution is -0.119. The molecule has 1 aliphatic heterocycles. The number of hydrogen-bond acceptors (Lipinski definition) is 6. The van der Waals surface area contributed by atoms with Crippen LogP contribution in [0.25, 0.3) is 0 Å². The molecule has 1 heterocycles. The SMILES string of the molecule is O=C(CN(c1ccc(Cl)c(Cl)c1)S(=O)(=O)c1ccccc1)N/N=C\c1cccc2c1OCCO2. The summed E-state index contributed by atoms with van der Waals surface area (Å²) in [6.07, 6.45) is 1.40. The molecule has 1 amide bonds. The monoisotopic (exact) mass is 519 g/mol. The predicted octanol–water partition coefficient (Wildman–Crippen LogP) is 4.11. The lowest BCUT2D eigenvalue weighted by Gasteiger charge is -2.24. The Balaban J connectivity index is 1.56. The van der Waals surface area contributed by atoms with Crippen LogP contribution in [0, 0.1) is 0 Å². The molecule has 176 valence electrons. The number of halogens is 2. The van der Waals surface area contributed by atoms with E-state index in [4.69, 9.17) is 32.7 Å². The summed E-state index contributed by atoms with van der Waals surface area (Å²) in [7, 11) is -4.09. The molecular formula is C23H19Cl2N3O5S. The molecule has 0 aromatic heterocycles. The molecule has 1 N–H and O–H groups in total. The van der Waals surface area contributed by atoms with E-state index >= 15 is 0 Å². The summed E-state index contributed by atoms with van der Waals surface area (Å²) in [5.41, 5.74) is 3.14. The Labute approximate surface area is 206 Å². The first-order valence-electron chi connectivity index (χ1n) is 10.1. The first kappa shape index (κ1) is 23.9. The molecule has 0 atom stereocenters. The van der Waals surface area contributed by atoms with Crippen molar-refractivity contribution in [2.24, 2.45) is 5.10 Å². The van der Waals surface area contributed by atoms with Crippen molar-refractivity contribution in [3.05, 3.63) is 82.3 Å². The van der Waals surface area contributed by atoms with Crippen molar-refractivity contribution < 1.29 is 22.7 Å². The number of anilines is 1. The second-order valence-electron chi connectivity index (χ2n) is 7.09. The molecule has 11 heteroatoms. The van der Waals surface area contributed by atoms with E-state index in [9.17, 15) is 13.2 Å². The second-order valence-corrected chi connectivity index (χ2v) is 9.76. The van der Waals surface area contributed by atoms with Gasteiger partial charge in [-0.1, -0.05) is 47.5 Å². The number of hydrazone groups is 1. The summed E-state index contributed by atoms with van der Waals surface area (Å²) in [6.45, 7) is 0.310. The third-order valence-electron chi connectivity index (χ3n) is 4.80. The number of fused-ring (bicyclic) bond motifs is 1. The summed E-state index contributed by atoms with van der Waals surface area (Å²) >= 11 is 12.1. The molecular weight excluding hydrogens is 501 g/mol. The Bertz CT molecular complexity index is 1330. The van der Waals surface area contributed by atoms with Gasteiger partial charge in [0.05, 0.1) is 26.8 Å². The number of ether oxygens (including phenoxy) is 2. The predicted molar refractivity (Wildman–Crippen MR) is 131 cm³/mol. The number of carbonyl (C=O) groups excluding carboxylic acids is 1. The minimum Gasteiger partial charge on any atom is -0.486 e. The van der Waals surface area contributed by atoms with E-state index in [0.29, 0.717) is 30.3 Å². The van der Waals surface area contributed by atoms with Crippen LogP contribution in [0.2, 0.25) is 10.0 Å². The van der Waals surface area contributed by atoms with Gasteiger partial charge in [0.2, 0.25) is 0 Å². The highest BCUT2D eigenvalue weighted by atomic mass is 35.5. The zero-order valence-corrected chi connectivity index (χ0v) is 20.0. The van der Waals surface area contributed by atoms with E-state index in [1.165, 1.54) is 36.5 Å². The smallest absolute Gasteiger partial charge is 0.264 e. The second kappa shape index (κ2) is 10.3. The zero-order valence-electron chi connectivity index (χ0n) is 17.6. The van der Waals surface area contributed by atoms with Crippen LogP contribution in [0.5, 0.6) is 11.5 Å². The van der Waals surface area contributed by atoms with Gasteiger partial charge in [-0.3, -0.25) is 9.10 Å². The lowest BCUT2D eigenvalue weighted by atomic mass is 10.2.